The maximum atomic E-state index is 3.84. The average Bonchev–Trinajstić information content (AvgIpc) is 2.41. The van der Waals surface area contributed by atoms with Crippen molar-refractivity contribution in [1.82, 2.24) is 10.2 Å². The Hall–Kier alpha value is -0.0800. The minimum atomic E-state index is 0.461. The monoisotopic (exact) mass is 296 g/mol. The van der Waals surface area contributed by atoms with Gasteiger partial charge in [0.2, 0.25) is 0 Å². The molecular weight excluding hydrogens is 256 g/mol. The highest BCUT2D eigenvalue weighted by Crippen LogP contribution is 2.40. The van der Waals surface area contributed by atoms with E-state index in [9.17, 15) is 0 Å². The van der Waals surface area contributed by atoms with E-state index >= 15 is 0 Å². The van der Waals surface area contributed by atoms with Gasteiger partial charge in [-0.1, -0.05) is 34.6 Å². The van der Waals surface area contributed by atoms with Crippen LogP contribution in [0.25, 0.3) is 0 Å². The molecule has 1 fully saturated rings. The van der Waals surface area contributed by atoms with Gasteiger partial charge in [0.25, 0.3) is 0 Å². The second-order valence-corrected chi connectivity index (χ2v) is 8.38. The molecule has 1 aliphatic carbocycles. The van der Waals surface area contributed by atoms with E-state index in [-0.39, 0.29) is 0 Å². The topological polar surface area (TPSA) is 15.3 Å². The third-order valence-electron chi connectivity index (χ3n) is 5.47. The van der Waals surface area contributed by atoms with E-state index in [1.807, 2.05) is 0 Å². The molecule has 0 aromatic rings. The predicted molar refractivity (Wildman–Crippen MR) is 94.8 cm³/mol. The van der Waals surface area contributed by atoms with Gasteiger partial charge in [0.15, 0.2) is 0 Å². The van der Waals surface area contributed by atoms with Crippen molar-refractivity contribution in [2.75, 3.05) is 19.6 Å². The van der Waals surface area contributed by atoms with Gasteiger partial charge in [-0.25, -0.2) is 0 Å². The highest BCUT2D eigenvalue weighted by atomic mass is 15.1. The minimum absolute atomic E-state index is 0.461. The molecule has 1 saturated carbocycles. The van der Waals surface area contributed by atoms with Crippen molar-refractivity contribution >= 4 is 0 Å². The lowest BCUT2D eigenvalue weighted by Gasteiger charge is -2.44. The highest BCUT2D eigenvalue weighted by Gasteiger charge is 2.36. The maximum absolute atomic E-state index is 3.84. The minimum Gasteiger partial charge on any atom is -0.314 e. The molecule has 2 heteroatoms. The summed E-state index contributed by atoms with van der Waals surface area (Å²) in [6.07, 6.45) is 5.40. The standard InChI is InChI=1S/C19H40N2/c1-8-12-20-18-11-10-17(19(5,6)7)13-16(18)14-21(9-2)15(3)4/h15-18,20H,8-14H2,1-7H3. The van der Waals surface area contributed by atoms with Crippen LogP contribution in [0.5, 0.6) is 0 Å². The molecule has 2 nitrogen and oxygen atoms in total. The fraction of sp³-hybridized carbons (Fsp3) is 1.00. The lowest BCUT2D eigenvalue weighted by molar-refractivity contribution is 0.0799. The Morgan fingerprint density at radius 3 is 2.29 bits per heavy atom. The molecule has 126 valence electrons. The van der Waals surface area contributed by atoms with E-state index in [4.69, 9.17) is 0 Å². The van der Waals surface area contributed by atoms with Gasteiger partial charge in [-0.15, -0.1) is 0 Å². The molecule has 0 aliphatic heterocycles. The summed E-state index contributed by atoms with van der Waals surface area (Å²) in [5.74, 6) is 1.70. The van der Waals surface area contributed by atoms with Gasteiger partial charge in [0, 0.05) is 18.6 Å². The first kappa shape index (κ1) is 19.0. The van der Waals surface area contributed by atoms with Crippen molar-refractivity contribution in [3.63, 3.8) is 0 Å². The van der Waals surface area contributed by atoms with Crippen LogP contribution < -0.4 is 5.32 Å². The molecular formula is C19H40N2. The van der Waals surface area contributed by atoms with Gasteiger partial charge >= 0.3 is 0 Å². The molecule has 0 aromatic carbocycles. The zero-order valence-electron chi connectivity index (χ0n) is 15.7. The summed E-state index contributed by atoms with van der Waals surface area (Å²) >= 11 is 0. The molecule has 0 spiro atoms. The summed E-state index contributed by atoms with van der Waals surface area (Å²) in [5, 5.41) is 3.84. The summed E-state index contributed by atoms with van der Waals surface area (Å²) in [6.45, 7) is 20.1. The molecule has 1 rings (SSSR count). The molecule has 0 aromatic heterocycles. The Labute approximate surface area is 134 Å². The normalized spacial score (nSPS) is 27.6. The van der Waals surface area contributed by atoms with Crippen LogP contribution in [0.4, 0.5) is 0 Å². The van der Waals surface area contributed by atoms with Crippen LogP contribution in [0.3, 0.4) is 0 Å². The van der Waals surface area contributed by atoms with Crippen LogP contribution in [0, 0.1) is 17.3 Å². The van der Waals surface area contributed by atoms with Crippen molar-refractivity contribution < 1.29 is 0 Å². The summed E-state index contributed by atoms with van der Waals surface area (Å²) < 4.78 is 0. The molecule has 3 unspecified atom stereocenters. The maximum Gasteiger partial charge on any atom is 0.0108 e. The smallest absolute Gasteiger partial charge is 0.0108 e. The van der Waals surface area contributed by atoms with Crippen LogP contribution in [0.1, 0.15) is 74.1 Å². The fourth-order valence-corrected chi connectivity index (χ4v) is 3.86. The third kappa shape index (κ3) is 5.90. The van der Waals surface area contributed by atoms with Crippen LogP contribution in [-0.2, 0) is 0 Å². The summed E-state index contributed by atoms with van der Waals surface area (Å²) in [4.78, 5) is 2.65. The molecule has 0 heterocycles. The van der Waals surface area contributed by atoms with Crippen molar-refractivity contribution in [3.05, 3.63) is 0 Å². The summed E-state index contributed by atoms with van der Waals surface area (Å²) in [5.41, 5.74) is 0.461. The molecule has 1 aliphatic rings. The number of rotatable bonds is 7. The molecule has 0 radical (unpaired) electrons. The van der Waals surface area contributed by atoms with Crippen molar-refractivity contribution in [3.8, 4) is 0 Å². The Morgan fingerprint density at radius 2 is 1.81 bits per heavy atom. The molecule has 0 saturated heterocycles. The van der Waals surface area contributed by atoms with Crippen LogP contribution >= 0.6 is 0 Å². The quantitative estimate of drug-likeness (QED) is 0.741. The van der Waals surface area contributed by atoms with Crippen LogP contribution in [0.2, 0.25) is 0 Å². The van der Waals surface area contributed by atoms with E-state index < -0.39 is 0 Å². The van der Waals surface area contributed by atoms with Gasteiger partial charge in [-0.2, -0.15) is 0 Å². The first-order chi connectivity index (χ1) is 9.79. The van der Waals surface area contributed by atoms with Gasteiger partial charge in [0.05, 0.1) is 0 Å². The first-order valence-corrected chi connectivity index (χ1v) is 9.27. The van der Waals surface area contributed by atoms with E-state index in [2.05, 4.69) is 58.7 Å². The fourth-order valence-electron chi connectivity index (χ4n) is 3.86. The molecule has 1 N–H and O–H groups in total. The lowest BCUT2D eigenvalue weighted by atomic mass is 9.67. The Morgan fingerprint density at radius 1 is 1.14 bits per heavy atom. The Kier molecular flexibility index (Phi) is 7.70. The number of hydrogen-bond acceptors (Lipinski definition) is 2. The van der Waals surface area contributed by atoms with Gasteiger partial charge in [-0.3, -0.25) is 0 Å². The molecule has 3 atom stereocenters. The van der Waals surface area contributed by atoms with E-state index in [0.717, 1.165) is 17.9 Å². The SMILES string of the molecule is CCCNC1CCC(C(C)(C)C)CC1CN(CC)C(C)C. The Bertz CT molecular complexity index is 278. The highest BCUT2D eigenvalue weighted by molar-refractivity contribution is 4.90. The second kappa shape index (κ2) is 8.53. The van der Waals surface area contributed by atoms with Gasteiger partial charge < -0.3 is 10.2 Å². The average molecular weight is 297 g/mol. The zero-order valence-corrected chi connectivity index (χ0v) is 15.7. The summed E-state index contributed by atoms with van der Waals surface area (Å²) in [6, 6.07) is 1.40. The van der Waals surface area contributed by atoms with Gasteiger partial charge in [0.1, 0.15) is 0 Å². The van der Waals surface area contributed by atoms with E-state index in [0.29, 0.717) is 11.5 Å². The third-order valence-corrected chi connectivity index (χ3v) is 5.47. The second-order valence-electron chi connectivity index (χ2n) is 8.38. The number of nitrogens with zero attached hydrogens (tertiary/aromatic N) is 1. The van der Waals surface area contributed by atoms with Crippen LogP contribution in [0.15, 0.2) is 0 Å². The molecule has 21 heavy (non-hydrogen) atoms. The van der Waals surface area contributed by atoms with Crippen molar-refractivity contribution in [2.24, 2.45) is 17.3 Å². The zero-order chi connectivity index (χ0) is 16.0. The number of hydrogen-bond donors (Lipinski definition) is 1. The van der Waals surface area contributed by atoms with Crippen molar-refractivity contribution in [2.45, 2.75) is 86.2 Å². The first-order valence-electron chi connectivity index (χ1n) is 9.27. The molecule has 0 amide bonds. The molecule has 0 bridgehead atoms. The Balaban J connectivity index is 2.72. The van der Waals surface area contributed by atoms with Crippen LogP contribution in [-0.4, -0.2) is 36.6 Å². The predicted octanol–water partition coefficient (Wildman–Crippen LogP) is 4.55. The largest absolute Gasteiger partial charge is 0.314 e. The summed E-state index contributed by atoms with van der Waals surface area (Å²) in [7, 11) is 0. The lowest BCUT2D eigenvalue weighted by Crippen LogP contribution is -2.48. The van der Waals surface area contributed by atoms with Gasteiger partial charge in [-0.05, 0) is 69.9 Å². The van der Waals surface area contributed by atoms with E-state index in [1.165, 1.54) is 45.3 Å². The van der Waals surface area contributed by atoms with Crippen molar-refractivity contribution in [1.29, 1.82) is 0 Å². The number of nitrogens with one attached hydrogen (secondary N) is 1. The van der Waals surface area contributed by atoms with E-state index in [1.54, 1.807) is 0 Å².